The van der Waals surface area contributed by atoms with Crippen LogP contribution in [-0.4, -0.2) is 16.0 Å². The average molecular weight is 221 g/mol. The fourth-order valence-corrected chi connectivity index (χ4v) is 1.67. The van der Waals surface area contributed by atoms with E-state index in [2.05, 4.69) is 15.4 Å². The minimum atomic E-state index is -0.113. The van der Waals surface area contributed by atoms with Crippen LogP contribution in [0.2, 0.25) is 0 Å². The molecule has 0 saturated heterocycles. The van der Waals surface area contributed by atoms with Crippen LogP contribution in [0.5, 0.6) is 0 Å². The van der Waals surface area contributed by atoms with Crippen molar-refractivity contribution in [1.29, 1.82) is 0 Å². The number of aromatic nitrogens is 3. The number of hydrogen-bond acceptors (Lipinski definition) is 4. The van der Waals surface area contributed by atoms with Gasteiger partial charge in [0, 0.05) is 18.2 Å². The van der Waals surface area contributed by atoms with E-state index >= 15 is 0 Å². The summed E-state index contributed by atoms with van der Waals surface area (Å²) >= 11 is 1.47. The van der Waals surface area contributed by atoms with Crippen LogP contribution in [0.1, 0.15) is 6.92 Å². The molecule has 0 fully saturated rings. The maximum Gasteiger partial charge on any atom is 0.280 e. The van der Waals surface area contributed by atoms with Gasteiger partial charge in [0.15, 0.2) is 5.51 Å². The highest BCUT2D eigenvalue weighted by atomic mass is 32.1. The van der Waals surface area contributed by atoms with Crippen LogP contribution < -0.4 is 10.00 Å². The molecule has 0 saturated carbocycles. The maximum absolute atomic E-state index is 11.0. The molecule has 0 atom stereocenters. The molecular formula is C9H9N4OS+. The van der Waals surface area contributed by atoms with Gasteiger partial charge >= 0.3 is 0 Å². The zero-order valence-corrected chi connectivity index (χ0v) is 8.86. The normalized spacial score (nSPS) is 9.93. The number of nitrogens with one attached hydrogen (secondary N) is 1. The number of nitrogens with zero attached hydrogens (tertiary/aromatic N) is 3. The van der Waals surface area contributed by atoms with E-state index in [4.69, 9.17) is 0 Å². The van der Waals surface area contributed by atoms with Crippen molar-refractivity contribution >= 4 is 22.9 Å². The van der Waals surface area contributed by atoms with E-state index < -0.39 is 0 Å². The van der Waals surface area contributed by atoms with Gasteiger partial charge in [0.05, 0.1) is 0 Å². The molecule has 76 valence electrons. The first-order valence-electron chi connectivity index (χ1n) is 4.29. The molecule has 2 aromatic heterocycles. The van der Waals surface area contributed by atoms with Crippen molar-refractivity contribution in [2.24, 2.45) is 0 Å². The Balaban J connectivity index is 2.42. The van der Waals surface area contributed by atoms with Crippen LogP contribution in [0.4, 0.5) is 5.69 Å². The van der Waals surface area contributed by atoms with Crippen molar-refractivity contribution in [1.82, 2.24) is 10.1 Å². The summed E-state index contributed by atoms with van der Waals surface area (Å²) in [5, 5.41) is 6.82. The summed E-state index contributed by atoms with van der Waals surface area (Å²) in [6.07, 6.45) is 3.28. The van der Waals surface area contributed by atoms with Gasteiger partial charge in [-0.1, -0.05) is 11.3 Å². The molecule has 15 heavy (non-hydrogen) atoms. The monoisotopic (exact) mass is 221 g/mol. The molecule has 1 N–H and O–H groups in total. The summed E-state index contributed by atoms with van der Waals surface area (Å²) in [5.74, 6) is -0.113. The first-order valence-corrected chi connectivity index (χ1v) is 5.24. The highest BCUT2D eigenvalue weighted by Gasteiger charge is 2.15. The largest absolute Gasteiger partial charge is 0.321 e. The number of hydrogen-bond donors (Lipinski definition) is 1. The maximum atomic E-state index is 11.0. The zero-order valence-electron chi connectivity index (χ0n) is 8.04. The summed E-state index contributed by atoms with van der Waals surface area (Å²) in [6, 6.07) is 1.74. The van der Waals surface area contributed by atoms with E-state index in [0.717, 1.165) is 5.69 Å². The molecule has 6 heteroatoms. The van der Waals surface area contributed by atoms with E-state index in [9.17, 15) is 4.79 Å². The summed E-state index contributed by atoms with van der Waals surface area (Å²) in [5.41, 5.74) is 5.01. The van der Waals surface area contributed by atoms with Gasteiger partial charge in [-0.2, -0.15) is 0 Å². The van der Waals surface area contributed by atoms with Crippen molar-refractivity contribution in [2.75, 3.05) is 5.32 Å². The second-order valence-electron chi connectivity index (χ2n) is 2.88. The number of amides is 1. The van der Waals surface area contributed by atoms with Crippen molar-refractivity contribution in [3.63, 3.8) is 0 Å². The first-order chi connectivity index (χ1) is 7.27. The Bertz CT molecular complexity index is 469. The number of carbonyl (C=O) groups is 1. The highest BCUT2D eigenvalue weighted by Crippen LogP contribution is 2.12. The minimum Gasteiger partial charge on any atom is -0.321 e. The number of carbonyl (C=O) groups excluding carboxylic acids is 1. The Morgan fingerprint density at radius 2 is 2.47 bits per heavy atom. The highest BCUT2D eigenvalue weighted by molar-refractivity contribution is 7.06. The lowest BCUT2D eigenvalue weighted by atomic mass is 10.3. The van der Waals surface area contributed by atoms with E-state index in [1.165, 1.54) is 18.3 Å². The molecule has 2 aromatic rings. The summed E-state index contributed by atoms with van der Waals surface area (Å²) in [7, 11) is 0. The first kappa shape index (κ1) is 9.72. The second-order valence-corrected chi connectivity index (χ2v) is 3.57. The number of rotatable bonds is 2. The van der Waals surface area contributed by atoms with Gasteiger partial charge in [-0.05, 0) is 10.7 Å². The van der Waals surface area contributed by atoms with Gasteiger partial charge in [-0.15, -0.1) is 0 Å². The van der Waals surface area contributed by atoms with E-state index in [1.54, 1.807) is 28.7 Å². The molecule has 0 aliphatic rings. The second kappa shape index (κ2) is 4.14. The Morgan fingerprint density at radius 1 is 1.60 bits per heavy atom. The average Bonchev–Trinajstić information content (AvgIpc) is 2.70. The predicted molar refractivity (Wildman–Crippen MR) is 55.7 cm³/mol. The number of anilines is 1. The van der Waals surface area contributed by atoms with Crippen LogP contribution in [0.25, 0.3) is 5.69 Å². The molecule has 0 radical (unpaired) electrons. The molecule has 2 heterocycles. The third-order valence-electron chi connectivity index (χ3n) is 1.75. The van der Waals surface area contributed by atoms with Crippen LogP contribution in [-0.2, 0) is 4.79 Å². The predicted octanol–water partition coefficient (Wildman–Crippen LogP) is 0.773. The fraction of sp³-hybridized carbons (Fsp3) is 0.111. The van der Waals surface area contributed by atoms with Crippen molar-refractivity contribution < 1.29 is 9.48 Å². The van der Waals surface area contributed by atoms with Gasteiger partial charge in [-0.3, -0.25) is 9.78 Å². The molecule has 0 spiro atoms. The SMILES string of the molecule is CC(=O)Nc1ccncc1-[n+]1cscn1. The van der Waals surface area contributed by atoms with Gasteiger partial charge in [-0.25, -0.2) is 0 Å². The third kappa shape index (κ3) is 2.16. The summed E-state index contributed by atoms with van der Waals surface area (Å²) < 4.78 is 1.67. The zero-order chi connectivity index (χ0) is 10.7. The van der Waals surface area contributed by atoms with Crippen molar-refractivity contribution in [3.8, 4) is 5.69 Å². The van der Waals surface area contributed by atoms with Crippen LogP contribution in [0, 0.1) is 0 Å². The molecule has 0 aliphatic heterocycles. The minimum absolute atomic E-state index is 0.113. The fourth-order valence-electron chi connectivity index (χ4n) is 1.17. The Hall–Kier alpha value is -1.82. The molecular weight excluding hydrogens is 212 g/mol. The quantitative estimate of drug-likeness (QED) is 0.762. The lowest BCUT2D eigenvalue weighted by Gasteiger charge is -2.00. The lowest BCUT2D eigenvalue weighted by Crippen LogP contribution is -2.32. The molecule has 2 rings (SSSR count). The van der Waals surface area contributed by atoms with E-state index in [1.807, 2.05) is 5.51 Å². The third-order valence-corrected chi connectivity index (χ3v) is 2.29. The Kier molecular flexibility index (Phi) is 2.68. The molecule has 0 bridgehead atoms. The standard InChI is InChI=1S/C9H8N4OS/c1-7(14)12-8-2-3-10-4-9(8)13-6-15-5-11-13/h2-6H,1H3/p+1. The molecule has 1 amide bonds. The van der Waals surface area contributed by atoms with Crippen LogP contribution >= 0.6 is 11.3 Å². The summed E-state index contributed by atoms with van der Waals surface area (Å²) in [6.45, 7) is 1.47. The van der Waals surface area contributed by atoms with Gasteiger partial charge in [0.1, 0.15) is 11.9 Å². The molecule has 0 aliphatic carbocycles. The van der Waals surface area contributed by atoms with Crippen molar-refractivity contribution in [2.45, 2.75) is 6.92 Å². The number of pyridine rings is 1. The Morgan fingerprint density at radius 3 is 3.13 bits per heavy atom. The van der Waals surface area contributed by atoms with Gasteiger partial charge < -0.3 is 5.32 Å². The molecule has 0 unspecified atom stereocenters. The van der Waals surface area contributed by atoms with E-state index in [-0.39, 0.29) is 5.91 Å². The van der Waals surface area contributed by atoms with Crippen LogP contribution in [0.15, 0.2) is 29.5 Å². The molecule has 5 nitrogen and oxygen atoms in total. The molecule has 0 aromatic carbocycles. The summed E-state index contributed by atoms with van der Waals surface area (Å²) in [4.78, 5) is 15.0. The lowest BCUT2D eigenvalue weighted by molar-refractivity contribution is -0.653. The van der Waals surface area contributed by atoms with Gasteiger partial charge in [0.2, 0.25) is 5.91 Å². The van der Waals surface area contributed by atoms with Crippen LogP contribution in [0.3, 0.4) is 0 Å². The van der Waals surface area contributed by atoms with Gasteiger partial charge in [0.25, 0.3) is 11.2 Å². The smallest absolute Gasteiger partial charge is 0.280 e. The Labute approximate surface area is 90.4 Å². The van der Waals surface area contributed by atoms with Crippen molar-refractivity contribution in [3.05, 3.63) is 29.5 Å². The topological polar surface area (TPSA) is 58.8 Å². The van der Waals surface area contributed by atoms with E-state index in [0.29, 0.717) is 5.69 Å².